The van der Waals surface area contributed by atoms with Gasteiger partial charge in [0.05, 0.1) is 5.69 Å². The monoisotopic (exact) mass is 271 g/mol. The van der Waals surface area contributed by atoms with Crippen LogP contribution in [0, 0.1) is 0 Å². The van der Waals surface area contributed by atoms with E-state index in [2.05, 4.69) is 32.9 Å². The minimum atomic E-state index is 0.600. The Bertz CT molecular complexity index is 484. The summed E-state index contributed by atoms with van der Waals surface area (Å²) >= 11 is 3.50. The molecule has 2 aromatic heterocycles. The van der Waals surface area contributed by atoms with Crippen LogP contribution in [0.25, 0.3) is 5.78 Å². The van der Waals surface area contributed by atoms with Crippen molar-refractivity contribution in [2.75, 3.05) is 6.54 Å². The summed E-state index contributed by atoms with van der Waals surface area (Å²) < 4.78 is 4.74. The number of hydrogen-bond donors (Lipinski definition) is 1. The maximum absolute atomic E-state index is 5.52. The predicted molar refractivity (Wildman–Crippen MR) is 61.8 cm³/mol. The molecule has 0 atom stereocenters. The average molecular weight is 272 g/mol. The van der Waals surface area contributed by atoms with Crippen LogP contribution in [0.3, 0.4) is 0 Å². The van der Waals surface area contributed by atoms with Crippen molar-refractivity contribution in [3.8, 4) is 0 Å². The zero-order valence-electron chi connectivity index (χ0n) is 8.87. The fourth-order valence-electron chi connectivity index (χ4n) is 1.63. The minimum absolute atomic E-state index is 0.600. The lowest BCUT2D eigenvalue weighted by Gasteiger charge is -1.95. The van der Waals surface area contributed by atoms with Gasteiger partial charge in [-0.05, 0) is 22.5 Å². The smallest absolute Gasteiger partial charge is 0.233 e. The summed E-state index contributed by atoms with van der Waals surface area (Å²) in [4.78, 5) is 4.51. The van der Waals surface area contributed by atoms with Crippen molar-refractivity contribution in [1.82, 2.24) is 19.2 Å². The second kappa shape index (κ2) is 3.94. The summed E-state index contributed by atoms with van der Waals surface area (Å²) in [6.45, 7) is 2.68. The van der Waals surface area contributed by atoms with Gasteiger partial charge < -0.3 is 5.73 Å². The van der Waals surface area contributed by atoms with E-state index in [0.717, 1.165) is 34.7 Å². The van der Waals surface area contributed by atoms with E-state index in [1.807, 2.05) is 16.1 Å². The predicted octanol–water partition coefficient (Wildman–Crippen LogP) is 0.894. The molecule has 2 heterocycles. The highest BCUT2D eigenvalue weighted by atomic mass is 79.9. The molecule has 0 aliphatic rings. The Kier molecular flexibility index (Phi) is 2.79. The summed E-state index contributed by atoms with van der Waals surface area (Å²) in [5, 5.41) is 4.46. The molecule has 0 fully saturated rings. The van der Waals surface area contributed by atoms with Gasteiger partial charge >= 0.3 is 0 Å². The van der Waals surface area contributed by atoms with Crippen LogP contribution >= 0.6 is 15.9 Å². The van der Waals surface area contributed by atoms with Gasteiger partial charge in [0.25, 0.3) is 0 Å². The second-order valence-corrected chi connectivity index (χ2v) is 4.18. The van der Waals surface area contributed by atoms with Gasteiger partial charge in [-0.3, -0.25) is 4.57 Å². The van der Waals surface area contributed by atoms with Crippen molar-refractivity contribution in [2.45, 2.75) is 19.8 Å². The number of aryl methyl sites for hydroxylation is 2. The molecule has 0 saturated heterocycles. The van der Waals surface area contributed by atoms with Crippen molar-refractivity contribution >= 4 is 21.7 Å². The number of aromatic nitrogens is 4. The molecule has 2 aromatic rings. The quantitative estimate of drug-likeness (QED) is 0.902. The standard InChI is InChI=1S/C9H14BrN5/c1-3-7-13-15-8(10)6(4-5-11)12-9(15)14(7)2/h3-5,11H2,1-2H3. The van der Waals surface area contributed by atoms with Crippen LogP contribution < -0.4 is 5.73 Å². The summed E-state index contributed by atoms with van der Waals surface area (Å²) in [5.74, 6) is 1.89. The highest BCUT2D eigenvalue weighted by Crippen LogP contribution is 2.19. The molecule has 0 aliphatic heterocycles. The fourth-order valence-corrected chi connectivity index (χ4v) is 2.16. The van der Waals surface area contributed by atoms with Gasteiger partial charge in [0.1, 0.15) is 10.4 Å². The van der Waals surface area contributed by atoms with E-state index in [1.54, 1.807) is 0 Å². The van der Waals surface area contributed by atoms with Crippen molar-refractivity contribution in [3.63, 3.8) is 0 Å². The molecule has 0 amide bonds. The third-order valence-corrected chi connectivity index (χ3v) is 3.24. The first-order valence-corrected chi connectivity index (χ1v) is 5.77. The van der Waals surface area contributed by atoms with E-state index >= 15 is 0 Å². The molecule has 15 heavy (non-hydrogen) atoms. The molecule has 0 bridgehead atoms. The number of halogens is 1. The van der Waals surface area contributed by atoms with Gasteiger partial charge in [-0.25, -0.2) is 4.98 Å². The normalized spacial score (nSPS) is 11.5. The number of nitrogens with two attached hydrogens (primary N) is 1. The van der Waals surface area contributed by atoms with E-state index in [-0.39, 0.29) is 0 Å². The van der Waals surface area contributed by atoms with Crippen LogP contribution in [0.4, 0.5) is 0 Å². The number of hydrogen-bond acceptors (Lipinski definition) is 3. The largest absolute Gasteiger partial charge is 0.330 e. The van der Waals surface area contributed by atoms with Gasteiger partial charge in [0.15, 0.2) is 0 Å². The first kappa shape index (κ1) is 10.6. The number of imidazole rings is 1. The molecule has 6 heteroatoms. The summed E-state index contributed by atoms with van der Waals surface area (Å²) in [6, 6.07) is 0. The minimum Gasteiger partial charge on any atom is -0.330 e. The molecule has 0 radical (unpaired) electrons. The molecule has 0 aromatic carbocycles. The van der Waals surface area contributed by atoms with Crippen molar-refractivity contribution < 1.29 is 0 Å². The van der Waals surface area contributed by atoms with Gasteiger partial charge in [-0.15, -0.1) is 0 Å². The zero-order chi connectivity index (χ0) is 11.0. The lowest BCUT2D eigenvalue weighted by molar-refractivity contribution is 0.798. The van der Waals surface area contributed by atoms with Crippen LogP contribution in [0.15, 0.2) is 4.60 Å². The molecule has 2 N–H and O–H groups in total. The third-order valence-electron chi connectivity index (χ3n) is 2.45. The van der Waals surface area contributed by atoms with Gasteiger partial charge in [-0.2, -0.15) is 9.61 Å². The molecule has 0 saturated carbocycles. The number of rotatable bonds is 3. The Morgan fingerprint density at radius 1 is 1.47 bits per heavy atom. The van der Waals surface area contributed by atoms with E-state index in [9.17, 15) is 0 Å². The molecule has 5 nitrogen and oxygen atoms in total. The van der Waals surface area contributed by atoms with Crippen LogP contribution in [0.5, 0.6) is 0 Å². The van der Waals surface area contributed by atoms with Crippen LogP contribution in [-0.4, -0.2) is 25.7 Å². The second-order valence-electron chi connectivity index (χ2n) is 3.43. The molecule has 0 unspecified atom stereocenters. The van der Waals surface area contributed by atoms with Crippen LogP contribution in [0.2, 0.25) is 0 Å². The first-order valence-electron chi connectivity index (χ1n) is 4.97. The third kappa shape index (κ3) is 1.57. The van der Waals surface area contributed by atoms with Crippen molar-refractivity contribution in [3.05, 3.63) is 16.1 Å². The maximum atomic E-state index is 5.52. The Morgan fingerprint density at radius 3 is 2.73 bits per heavy atom. The van der Waals surface area contributed by atoms with Crippen LogP contribution in [-0.2, 0) is 19.9 Å². The molecule has 0 aliphatic carbocycles. The van der Waals surface area contributed by atoms with Gasteiger partial charge in [0.2, 0.25) is 5.78 Å². The lowest BCUT2D eigenvalue weighted by atomic mass is 10.3. The number of nitrogens with zero attached hydrogens (tertiary/aromatic N) is 4. The average Bonchev–Trinajstić information content (AvgIpc) is 2.69. The highest BCUT2D eigenvalue weighted by Gasteiger charge is 2.15. The molecular formula is C9H14BrN5. The SMILES string of the molecule is CCc1nn2c(Br)c(CCN)nc2n1C. The van der Waals surface area contributed by atoms with Crippen molar-refractivity contribution in [1.29, 1.82) is 0 Å². The Morgan fingerprint density at radius 2 is 2.20 bits per heavy atom. The fraction of sp³-hybridized carbons (Fsp3) is 0.556. The Hall–Kier alpha value is -0.880. The van der Waals surface area contributed by atoms with Crippen molar-refractivity contribution in [2.24, 2.45) is 12.8 Å². The first-order chi connectivity index (χ1) is 7.19. The topological polar surface area (TPSA) is 61.1 Å². The summed E-state index contributed by atoms with van der Waals surface area (Å²) in [5.41, 5.74) is 6.49. The Balaban J connectivity index is 2.60. The summed E-state index contributed by atoms with van der Waals surface area (Å²) in [6.07, 6.45) is 1.67. The molecule has 2 rings (SSSR count). The zero-order valence-corrected chi connectivity index (χ0v) is 10.5. The van der Waals surface area contributed by atoms with Gasteiger partial charge in [0, 0.05) is 19.9 Å². The maximum Gasteiger partial charge on any atom is 0.233 e. The van der Waals surface area contributed by atoms with Gasteiger partial charge in [-0.1, -0.05) is 6.92 Å². The Labute approximate surface area is 96.4 Å². The van der Waals surface area contributed by atoms with E-state index in [0.29, 0.717) is 6.54 Å². The molecule has 0 spiro atoms. The summed E-state index contributed by atoms with van der Waals surface area (Å²) in [7, 11) is 1.98. The molecule has 82 valence electrons. The van der Waals surface area contributed by atoms with E-state index in [4.69, 9.17) is 5.73 Å². The number of fused-ring (bicyclic) bond motifs is 1. The highest BCUT2D eigenvalue weighted by molar-refractivity contribution is 9.10. The van der Waals surface area contributed by atoms with E-state index < -0.39 is 0 Å². The lowest BCUT2D eigenvalue weighted by Crippen LogP contribution is -2.04. The molecular weight excluding hydrogens is 258 g/mol. The van der Waals surface area contributed by atoms with E-state index in [1.165, 1.54) is 0 Å². The van der Waals surface area contributed by atoms with Crippen LogP contribution in [0.1, 0.15) is 18.4 Å².